The second-order valence-electron chi connectivity index (χ2n) is 9.46. The maximum absolute atomic E-state index is 13.7. The molecule has 1 heterocycles. The Bertz CT molecular complexity index is 669. The average Bonchev–Trinajstić information content (AvgIpc) is 2.61. The maximum Gasteiger partial charge on any atom is 0.231 e. The number of nitrogens with zero attached hydrogens (tertiary/aromatic N) is 1. The lowest BCUT2D eigenvalue weighted by atomic mass is 9.50. The van der Waals surface area contributed by atoms with E-state index < -0.39 is 5.60 Å². The molecule has 6 rings (SSSR count). The van der Waals surface area contributed by atoms with E-state index in [1.54, 1.807) is 0 Å². The summed E-state index contributed by atoms with van der Waals surface area (Å²) < 4.78 is 0. The lowest BCUT2D eigenvalue weighted by Crippen LogP contribution is -2.67. The van der Waals surface area contributed by atoms with Gasteiger partial charge < -0.3 is 15.3 Å². The van der Waals surface area contributed by atoms with Gasteiger partial charge in [-0.1, -0.05) is 18.2 Å². The van der Waals surface area contributed by atoms with Crippen LogP contribution in [-0.4, -0.2) is 35.2 Å². The molecule has 1 aromatic carbocycles. The van der Waals surface area contributed by atoms with Crippen molar-refractivity contribution >= 4 is 11.6 Å². The van der Waals surface area contributed by atoms with Gasteiger partial charge in [0, 0.05) is 12.2 Å². The van der Waals surface area contributed by atoms with Crippen LogP contribution in [0.3, 0.4) is 0 Å². The molecule has 0 radical (unpaired) electrons. The zero-order valence-corrected chi connectivity index (χ0v) is 15.5. The SMILES string of the molecule is O=C([C@H]1CCCNC1)N(c1ccccc1)C12CC3CC(CC(O)(C3)C1)C2. The van der Waals surface area contributed by atoms with Crippen molar-refractivity contribution in [2.45, 2.75) is 62.5 Å². The fourth-order valence-corrected chi connectivity index (χ4v) is 6.89. The van der Waals surface area contributed by atoms with E-state index in [9.17, 15) is 9.90 Å². The summed E-state index contributed by atoms with van der Waals surface area (Å²) in [5.74, 6) is 1.48. The molecule has 5 fully saturated rings. The van der Waals surface area contributed by atoms with Crippen molar-refractivity contribution in [1.82, 2.24) is 5.32 Å². The second-order valence-corrected chi connectivity index (χ2v) is 9.46. The predicted octanol–water partition coefficient (Wildman–Crippen LogP) is 3.10. The van der Waals surface area contributed by atoms with Crippen LogP contribution in [0.25, 0.3) is 0 Å². The van der Waals surface area contributed by atoms with Gasteiger partial charge in [0.1, 0.15) is 0 Å². The molecule has 140 valence electrons. The Hall–Kier alpha value is -1.39. The van der Waals surface area contributed by atoms with Gasteiger partial charge in [-0.2, -0.15) is 0 Å². The molecule has 5 aliphatic rings. The van der Waals surface area contributed by atoms with E-state index in [0.717, 1.165) is 63.7 Å². The van der Waals surface area contributed by atoms with E-state index in [1.165, 1.54) is 6.42 Å². The van der Waals surface area contributed by atoms with Crippen molar-refractivity contribution < 1.29 is 9.90 Å². The Morgan fingerprint density at radius 2 is 1.85 bits per heavy atom. The van der Waals surface area contributed by atoms with Crippen LogP contribution in [0.4, 0.5) is 5.69 Å². The van der Waals surface area contributed by atoms with Crippen LogP contribution < -0.4 is 10.2 Å². The van der Waals surface area contributed by atoms with Gasteiger partial charge in [0.2, 0.25) is 5.91 Å². The van der Waals surface area contributed by atoms with Gasteiger partial charge >= 0.3 is 0 Å². The number of piperidine rings is 1. The van der Waals surface area contributed by atoms with Gasteiger partial charge in [0.15, 0.2) is 0 Å². The van der Waals surface area contributed by atoms with Crippen LogP contribution in [0.5, 0.6) is 0 Å². The molecule has 2 N–H and O–H groups in total. The van der Waals surface area contributed by atoms with Crippen molar-refractivity contribution in [3.8, 4) is 0 Å². The number of hydrogen-bond donors (Lipinski definition) is 2. The molecule has 0 spiro atoms. The lowest BCUT2D eigenvalue weighted by Gasteiger charge is -2.63. The molecular formula is C22H30N2O2. The summed E-state index contributed by atoms with van der Waals surface area (Å²) in [5, 5.41) is 14.6. The number of rotatable bonds is 3. The molecule has 2 unspecified atom stereocenters. The number of aliphatic hydroxyl groups is 1. The minimum absolute atomic E-state index is 0.0617. The third kappa shape index (κ3) is 2.69. The smallest absolute Gasteiger partial charge is 0.231 e. The van der Waals surface area contributed by atoms with Gasteiger partial charge in [0.05, 0.1) is 17.1 Å². The van der Waals surface area contributed by atoms with E-state index >= 15 is 0 Å². The maximum atomic E-state index is 13.7. The monoisotopic (exact) mass is 354 g/mol. The van der Waals surface area contributed by atoms with Crippen LogP contribution in [0.1, 0.15) is 51.4 Å². The van der Waals surface area contributed by atoms with E-state index in [1.807, 2.05) is 18.2 Å². The van der Waals surface area contributed by atoms with E-state index in [-0.39, 0.29) is 17.4 Å². The number of amides is 1. The molecule has 1 aliphatic heterocycles. The Kier molecular flexibility index (Phi) is 3.91. The van der Waals surface area contributed by atoms with Crippen LogP contribution in [0.2, 0.25) is 0 Å². The van der Waals surface area contributed by atoms with Crippen molar-refractivity contribution in [2.75, 3.05) is 18.0 Å². The predicted molar refractivity (Wildman–Crippen MR) is 102 cm³/mol. The summed E-state index contributed by atoms with van der Waals surface area (Å²) >= 11 is 0. The summed E-state index contributed by atoms with van der Waals surface area (Å²) in [6.07, 6.45) is 8.04. The molecule has 4 bridgehead atoms. The number of nitrogens with one attached hydrogen (secondary N) is 1. The molecule has 3 atom stereocenters. The minimum atomic E-state index is -0.553. The second kappa shape index (κ2) is 6.07. The van der Waals surface area contributed by atoms with E-state index in [4.69, 9.17) is 0 Å². The van der Waals surface area contributed by atoms with Crippen LogP contribution in [-0.2, 0) is 4.79 Å². The quantitative estimate of drug-likeness (QED) is 0.877. The lowest BCUT2D eigenvalue weighted by molar-refractivity contribution is -0.144. The highest BCUT2D eigenvalue weighted by Crippen LogP contribution is 2.60. The summed E-state index contributed by atoms with van der Waals surface area (Å²) in [7, 11) is 0. The normalized spacial score (nSPS) is 41.2. The summed E-state index contributed by atoms with van der Waals surface area (Å²) in [5.41, 5.74) is 0.283. The van der Waals surface area contributed by atoms with Crippen LogP contribution in [0.15, 0.2) is 30.3 Å². The number of carbonyl (C=O) groups is 1. The van der Waals surface area contributed by atoms with Crippen LogP contribution in [0, 0.1) is 17.8 Å². The minimum Gasteiger partial charge on any atom is -0.390 e. The van der Waals surface area contributed by atoms with Gasteiger partial charge in [-0.25, -0.2) is 0 Å². The van der Waals surface area contributed by atoms with Gasteiger partial charge in [-0.15, -0.1) is 0 Å². The zero-order valence-electron chi connectivity index (χ0n) is 15.5. The third-order valence-electron chi connectivity index (χ3n) is 7.35. The molecule has 4 aliphatic carbocycles. The Morgan fingerprint density at radius 3 is 2.46 bits per heavy atom. The number of benzene rings is 1. The standard InChI is InChI=1S/C22H30N2O2/c25-20(18-5-4-8-23-14-18)24(19-6-2-1-3-7-19)21-10-16-9-17(11-21)13-22(26,12-16)15-21/h1-3,6-7,16-18,23,26H,4-5,8-15H2/t16?,17?,18-,21?,22?/m0/s1. The van der Waals surface area contributed by atoms with Crippen molar-refractivity contribution in [1.29, 1.82) is 0 Å². The largest absolute Gasteiger partial charge is 0.390 e. The van der Waals surface area contributed by atoms with E-state index in [2.05, 4.69) is 22.3 Å². The Morgan fingerprint density at radius 1 is 1.12 bits per heavy atom. The first kappa shape index (κ1) is 16.8. The average molecular weight is 354 g/mol. The molecule has 4 nitrogen and oxygen atoms in total. The Labute approximate surface area is 156 Å². The number of hydrogen-bond acceptors (Lipinski definition) is 3. The molecule has 4 heteroatoms. The molecular weight excluding hydrogens is 324 g/mol. The summed E-state index contributed by atoms with van der Waals surface area (Å²) in [4.78, 5) is 15.9. The van der Waals surface area contributed by atoms with Crippen molar-refractivity contribution in [3.05, 3.63) is 30.3 Å². The third-order valence-corrected chi connectivity index (χ3v) is 7.35. The highest BCUT2D eigenvalue weighted by atomic mass is 16.3. The molecule has 0 aromatic heterocycles. The topological polar surface area (TPSA) is 52.6 Å². The van der Waals surface area contributed by atoms with Gasteiger partial charge in [-0.3, -0.25) is 4.79 Å². The van der Waals surface area contributed by atoms with Crippen molar-refractivity contribution in [2.24, 2.45) is 17.8 Å². The van der Waals surface area contributed by atoms with Crippen LogP contribution >= 0.6 is 0 Å². The zero-order chi connectivity index (χ0) is 17.8. The first-order valence-electron chi connectivity index (χ1n) is 10.4. The molecule has 4 saturated carbocycles. The first-order chi connectivity index (χ1) is 12.6. The fraction of sp³-hybridized carbons (Fsp3) is 0.682. The first-order valence-corrected chi connectivity index (χ1v) is 10.4. The Balaban J connectivity index is 1.55. The van der Waals surface area contributed by atoms with Gasteiger partial charge in [0.25, 0.3) is 0 Å². The highest BCUT2D eigenvalue weighted by Gasteiger charge is 2.60. The molecule has 1 saturated heterocycles. The number of carbonyl (C=O) groups excluding carboxylic acids is 1. The fourth-order valence-electron chi connectivity index (χ4n) is 6.89. The highest BCUT2D eigenvalue weighted by molar-refractivity contribution is 5.96. The number of para-hydroxylation sites is 1. The van der Waals surface area contributed by atoms with Crippen molar-refractivity contribution in [3.63, 3.8) is 0 Å². The molecule has 1 aromatic rings. The summed E-state index contributed by atoms with van der Waals surface area (Å²) in [6, 6.07) is 10.2. The molecule has 26 heavy (non-hydrogen) atoms. The summed E-state index contributed by atoms with van der Waals surface area (Å²) in [6.45, 7) is 1.81. The van der Waals surface area contributed by atoms with E-state index in [0.29, 0.717) is 11.8 Å². The van der Waals surface area contributed by atoms with Gasteiger partial charge in [-0.05, 0) is 81.9 Å². The number of anilines is 1. The molecule has 1 amide bonds.